The van der Waals surface area contributed by atoms with E-state index in [1.54, 1.807) is 0 Å². The van der Waals surface area contributed by atoms with E-state index in [0.717, 1.165) is 85.9 Å². The number of para-hydroxylation sites is 4. The summed E-state index contributed by atoms with van der Waals surface area (Å²) in [5, 5.41) is 0. The normalized spacial score (nSPS) is 13.1. The molecular weight excluding hydrogens is 657 g/mol. The van der Waals surface area contributed by atoms with Crippen molar-refractivity contribution in [2.45, 2.75) is 109 Å². The molecule has 0 amide bonds. The second kappa shape index (κ2) is 28.5. The van der Waals surface area contributed by atoms with Gasteiger partial charge in [0.1, 0.15) is 24.7 Å². The molecule has 5 heteroatoms. The molecule has 0 spiro atoms. The summed E-state index contributed by atoms with van der Waals surface area (Å²) in [6, 6.07) is 32.4. The molecule has 0 aromatic heterocycles. The zero-order valence-corrected chi connectivity index (χ0v) is 35.2. The van der Waals surface area contributed by atoms with E-state index in [2.05, 4.69) is 107 Å². The Balaban J connectivity index is 0.000000313. The van der Waals surface area contributed by atoms with E-state index < -0.39 is 0 Å². The van der Waals surface area contributed by atoms with Crippen LogP contribution in [0.4, 0.5) is 0 Å². The van der Waals surface area contributed by atoms with Crippen LogP contribution in [-0.4, -0.2) is 26.4 Å². The van der Waals surface area contributed by atoms with E-state index in [1.807, 2.05) is 72.8 Å². The van der Waals surface area contributed by atoms with Crippen LogP contribution in [0.1, 0.15) is 105 Å². The summed E-state index contributed by atoms with van der Waals surface area (Å²) >= 11 is 0. The van der Waals surface area contributed by atoms with E-state index in [9.17, 15) is 0 Å². The quantitative estimate of drug-likeness (QED) is 0.180. The average molecular weight is 729 g/mol. The Morgan fingerprint density at radius 1 is 0.321 bits per heavy atom. The summed E-state index contributed by atoms with van der Waals surface area (Å²) in [5.74, 6) is 7.18. The third kappa shape index (κ3) is 24.1. The number of benzene rings is 4. The first-order chi connectivity index (χ1) is 25.3. The highest BCUT2D eigenvalue weighted by atomic mass is 16.6. The molecule has 294 valence electrons. The topological polar surface area (TPSA) is 46.2 Å². The van der Waals surface area contributed by atoms with Gasteiger partial charge in [-0.2, -0.15) is 0 Å². The molecule has 4 aromatic carbocycles. The van der Waals surface area contributed by atoms with Crippen LogP contribution < -0.4 is 18.9 Å². The fourth-order valence-corrected chi connectivity index (χ4v) is 4.35. The van der Waals surface area contributed by atoms with Gasteiger partial charge < -0.3 is 23.7 Å². The van der Waals surface area contributed by atoms with Crippen molar-refractivity contribution in [3.05, 3.63) is 119 Å². The fraction of sp³-hybridized carbons (Fsp3) is 0.500. The zero-order valence-electron chi connectivity index (χ0n) is 35.2. The van der Waals surface area contributed by atoms with Crippen molar-refractivity contribution >= 4 is 0 Å². The third-order valence-electron chi connectivity index (χ3n) is 6.28. The Morgan fingerprint density at radius 2 is 0.566 bits per heavy atom. The molecule has 0 unspecified atom stereocenters. The van der Waals surface area contributed by atoms with Gasteiger partial charge in [0, 0.05) is 12.8 Å². The molecule has 4 aliphatic rings. The fourth-order valence-electron chi connectivity index (χ4n) is 4.35. The van der Waals surface area contributed by atoms with E-state index >= 15 is 0 Å². The number of hydrogen-bond acceptors (Lipinski definition) is 5. The van der Waals surface area contributed by atoms with Crippen molar-refractivity contribution in [1.82, 2.24) is 0 Å². The first-order valence-electron chi connectivity index (χ1n) is 19.7. The molecule has 0 saturated heterocycles. The molecule has 4 aliphatic heterocycles. The monoisotopic (exact) mass is 729 g/mol. The van der Waals surface area contributed by atoms with Gasteiger partial charge in [-0.1, -0.05) is 156 Å². The van der Waals surface area contributed by atoms with Gasteiger partial charge in [-0.05, 0) is 70.2 Å². The first kappa shape index (κ1) is 47.1. The minimum absolute atomic E-state index is 0.664. The molecule has 0 atom stereocenters. The maximum Gasteiger partial charge on any atom is 0.161 e. The van der Waals surface area contributed by atoms with Crippen LogP contribution in [0.5, 0.6) is 23.0 Å². The van der Waals surface area contributed by atoms with Crippen molar-refractivity contribution in [2.24, 2.45) is 23.7 Å². The van der Waals surface area contributed by atoms with Crippen LogP contribution in [0.15, 0.2) is 97.1 Å². The SMILES string of the molecule is CC(C)C.CC(C)C.CC(C)C.CC(C)C.c1ccc2c(c1)CCO2.c1ccc2c(c1)CCO2.c1ccc2c(c1)COC2.c1ccc2c(c1)OCCO2. The van der Waals surface area contributed by atoms with Gasteiger partial charge in [0.15, 0.2) is 11.5 Å². The van der Waals surface area contributed by atoms with Crippen LogP contribution in [0.3, 0.4) is 0 Å². The second-order valence-corrected chi connectivity index (χ2v) is 15.7. The van der Waals surface area contributed by atoms with Gasteiger partial charge in [0.25, 0.3) is 0 Å². The molecule has 0 aliphatic carbocycles. The van der Waals surface area contributed by atoms with Crippen molar-refractivity contribution < 1.29 is 23.7 Å². The van der Waals surface area contributed by atoms with Crippen molar-refractivity contribution in [3.8, 4) is 23.0 Å². The smallest absolute Gasteiger partial charge is 0.161 e. The van der Waals surface area contributed by atoms with E-state index in [0.29, 0.717) is 13.2 Å². The average Bonchev–Trinajstić information content (AvgIpc) is 3.89. The Morgan fingerprint density at radius 3 is 0.868 bits per heavy atom. The summed E-state index contributed by atoms with van der Waals surface area (Å²) in [4.78, 5) is 0. The van der Waals surface area contributed by atoms with E-state index in [4.69, 9.17) is 23.7 Å². The Labute approximate surface area is 324 Å². The molecule has 5 nitrogen and oxygen atoms in total. The van der Waals surface area contributed by atoms with Gasteiger partial charge in [0.05, 0.1) is 26.4 Å². The second-order valence-electron chi connectivity index (χ2n) is 15.7. The summed E-state index contributed by atoms with van der Waals surface area (Å²) in [5.41, 5.74) is 5.38. The van der Waals surface area contributed by atoms with Crippen LogP contribution in [0.25, 0.3) is 0 Å². The Kier molecular flexibility index (Phi) is 25.3. The number of rotatable bonds is 0. The lowest BCUT2D eigenvalue weighted by molar-refractivity contribution is 0.134. The van der Waals surface area contributed by atoms with Gasteiger partial charge in [-0.25, -0.2) is 0 Å². The van der Waals surface area contributed by atoms with Crippen LogP contribution >= 0.6 is 0 Å². The summed E-state index contributed by atoms with van der Waals surface area (Å²) in [6.45, 7) is 30.7. The van der Waals surface area contributed by atoms with E-state index in [-0.39, 0.29) is 0 Å². The third-order valence-corrected chi connectivity index (χ3v) is 6.28. The maximum absolute atomic E-state index is 5.30. The zero-order chi connectivity index (χ0) is 39.4. The maximum atomic E-state index is 5.30. The van der Waals surface area contributed by atoms with Gasteiger partial charge in [0.2, 0.25) is 0 Å². The standard InChI is InChI=1S/C8H8O2.3C8H8O.4C4H10/c1-2-4-8-7(3-1)9-5-6-10-8;1-2-4-8-6-9-5-7(8)3-1;2*1-2-4-8-7(3-1)5-6-9-8;4*1-4(2)3/h1-4H,5-6H2;3*1-4H,5-6H2;4*4H,1-3H3. The lowest BCUT2D eigenvalue weighted by Gasteiger charge is -2.17. The molecule has 53 heavy (non-hydrogen) atoms. The van der Waals surface area contributed by atoms with Crippen LogP contribution in [0.2, 0.25) is 0 Å². The Hall–Kier alpha value is -3.96. The van der Waals surface area contributed by atoms with Crippen molar-refractivity contribution in [3.63, 3.8) is 0 Å². The van der Waals surface area contributed by atoms with Crippen LogP contribution in [-0.2, 0) is 30.8 Å². The highest BCUT2D eigenvalue weighted by Crippen LogP contribution is 2.28. The van der Waals surface area contributed by atoms with Crippen molar-refractivity contribution in [2.75, 3.05) is 26.4 Å². The van der Waals surface area contributed by atoms with Crippen LogP contribution in [0, 0.1) is 23.7 Å². The van der Waals surface area contributed by atoms with E-state index in [1.165, 1.54) is 22.3 Å². The predicted octanol–water partition coefficient (Wildman–Crippen LogP) is 13.1. The largest absolute Gasteiger partial charge is 0.493 e. The summed E-state index contributed by atoms with van der Waals surface area (Å²) in [7, 11) is 0. The molecule has 0 fully saturated rings. The Bertz CT molecular complexity index is 1230. The molecule has 8 rings (SSSR count). The molecule has 0 saturated carbocycles. The molecule has 0 N–H and O–H groups in total. The lowest BCUT2D eigenvalue weighted by atomic mass is 10.1. The number of fused-ring (bicyclic) bond motifs is 4. The molecule has 4 aromatic rings. The minimum atomic E-state index is 0.664. The molecule has 0 bridgehead atoms. The minimum Gasteiger partial charge on any atom is -0.493 e. The highest BCUT2D eigenvalue weighted by molar-refractivity contribution is 5.40. The van der Waals surface area contributed by atoms with Gasteiger partial charge in [-0.3, -0.25) is 0 Å². The molecular formula is C48H72O5. The molecule has 0 radical (unpaired) electrons. The highest BCUT2D eigenvalue weighted by Gasteiger charge is 2.10. The molecule has 4 heterocycles. The number of ether oxygens (including phenoxy) is 5. The summed E-state index contributed by atoms with van der Waals surface area (Å²) in [6.07, 6.45) is 2.16. The lowest BCUT2D eigenvalue weighted by Crippen LogP contribution is -2.14. The summed E-state index contributed by atoms with van der Waals surface area (Å²) < 4.78 is 26.4. The van der Waals surface area contributed by atoms with Crippen molar-refractivity contribution in [1.29, 1.82) is 0 Å². The van der Waals surface area contributed by atoms with Gasteiger partial charge >= 0.3 is 0 Å². The van der Waals surface area contributed by atoms with Gasteiger partial charge in [-0.15, -0.1) is 0 Å². The first-order valence-corrected chi connectivity index (χ1v) is 19.7. The number of hydrogen-bond donors (Lipinski definition) is 0. The predicted molar refractivity (Wildman–Crippen MR) is 226 cm³/mol.